The first kappa shape index (κ1) is 26.1. The van der Waals surface area contributed by atoms with Gasteiger partial charge in [0, 0.05) is 29.9 Å². The van der Waals surface area contributed by atoms with Crippen molar-refractivity contribution >= 4 is 23.8 Å². The second-order valence-corrected chi connectivity index (χ2v) is 10.8. The summed E-state index contributed by atoms with van der Waals surface area (Å²) in [5.74, 6) is 1.53. The summed E-state index contributed by atoms with van der Waals surface area (Å²) in [4.78, 5) is 32.9. The van der Waals surface area contributed by atoms with Crippen molar-refractivity contribution in [3.05, 3.63) is 41.2 Å². The molecular formula is C28H37N5O5. The van der Waals surface area contributed by atoms with Gasteiger partial charge in [-0.3, -0.25) is 9.59 Å². The van der Waals surface area contributed by atoms with E-state index in [0.717, 1.165) is 48.4 Å². The lowest BCUT2D eigenvalue weighted by atomic mass is 9.86. The highest BCUT2D eigenvalue weighted by Gasteiger charge is 2.39. The standard InChI is InChI=1S/C28H37N5O5/c1-16(34)26(35)32-18-6-8-19(9-7-18)33-27(36)21-13-29-25-24(21)30-15-31-28(25,2)22-11-10-20(37-3)12-23(22)38-14-17-4-5-17/h10-13,15-19,29,34H,4-9,14H2,1-3H3,(H,30,31)(H,32,35)(H,33,36)/t16-,18-,19-,28?/m0/s1. The molecule has 0 saturated heterocycles. The van der Waals surface area contributed by atoms with Gasteiger partial charge in [-0.15, -0.1) is 0 Å². The van der Waals surface area contributed by atoms with E-state index in [4.69, 9.17) is 9.47 Å². The molecule has 38 heavy (non-hydrogen) atoms. The first-order chi connectivity index (χ1) is 18.3. The molecular weight excluding hydrogens is 486 g/mol. The Labute approximate surface area is 222 Å². The number of aliphatic hydroxyl groups is 1. The molecule has 2 fully saturated rings. The molecule has 2 heterocycles. The molecule has 2 aliphatic carbocycles. The van der Waals surface area contributed by atoms with Crippen molar-refractivity contribution in [3.63, 3.8) is 0 Å². The molecule has 1 aromatic heterocycles. The molecule has 2 atom stereocenters. The van der Waals surface area contributed by atoms with Gasteiger partial charge >= 0.3 is 0 Å². The van der Waals surface area contributed by atoms with Crippen molar-refractivity contribution in [3.8, 4) is 11.5 Å². The zero-order valence-electron chi connectivity index (χ0n) is 22.2. The highest BCUT2D eigenvalue weighted by Crippen LogP contribution is 2.44. The molecule has 0 bridgehead atoms. The molecule has 2 amide bonds. The molecule has 1 aliphatic heterocycles. The summed E-state index contributed by atoms with van der Waals surface area (Å²) in [6, 6.07) is 5.84. The van der Waals surface area contributed by atoms with Gasteiger partial charge in [-0.2, -0.15) is 0 Å². The van der Waals surface area contributed by atoms with Crippen LogP contribution in [0.1, 0.15) is 74.0 Å². The quantitative estimate of drug-likeness (QED) is 0.343. The smallest absolute Gasteiger partial charge is 0.255 e. The van der Waals surface area contributed by atoms with E-state index in [2.05, 4.69) is 25.9 Å². The summed E-state index contributed by atoms with van der Waals surface area (Å²) < 4.78 is 11.7. The summed E-state index contributed by atoms with van der Waals surface area (Å²) in [5.41, 5.74) is 2.11. The Morgan fingerprint density at radius 3 is 2.53 bits per heavy atom. The lowest BCUT2D eigenvalue weighted by molar-refractivity contribution is -0.129. The van der Waals surface area contributed by atoms with Gasteiger partial charge in [0.15, 0.2) is 0 Å². The minimum absolute atomic E-state index is 0.00819. The number of benzene rings is 1. The maximum Gasteiger partial charge on any atom is 0.255 e. The molecule has 5 rings (SSSR count). The lowest BCUT2D eigenvalue weighted by Gasteiger charge is -2.34. The van der Waals surface area contributed by atoms with Crippen LogP contribution in [-0.4, -0.2) is 60.1 Å². The number of H-pyrrole nitrogens is 1. The number of rotatable bonds is 9. The zero-order valence-corrected chi connectivity index (χ0v) is 22.2. The SMILES string of the molecule is COc1ccc(C2(C)NC=Nc3c(C(=O)N[C@H]4CC[C@H](NC(=O)[C@H](C)O)CC4)c[nH]c32)c(OCC2CC2)c1. The highest BCUT2D eigenvalue weighted by atomic mass is 16.5. The molecule has 204 valence electrons. The second kappa shape index (κ2) is 10.7. The van der Waals surface area contributed by atoms with Crippen molar-refractivity contribution in [1.29, 1.82) is 0 Å². The summed E-state index contributed by atoms with van der Waals surface area (Å²) in [5, 5.41) is 18.8. The molecule has 5 N–H and O–H groups in total. The number of hydrogen-bond donors (Lipinski definition) is 5. The summed E-state index contributed by atoms with van der Waals surface area (Å²) in [6.45, 7) is 4.17. The van der Waals surface area contributed by atoms with Crippen LogP contribution in [0.2, 0.25) is 0 Å². The number of nitrogens with one attached hydrogen (secondary N) is 4. The number of nitrogens with zero attached hydrogens (tertiary/aromatic N) is 1. The van der Waals surface area contributed by atoms with Crippen molar-refractivity contribution in [2.24, 2.45) is 10.9 Å². The van der Waals surface area contributed by atoms with Gasteiger partial charge in [-0.05, 0) is 70.4 Å². The van der Waals surface area contributed by atoms with E-state index in [1.54, 1.807) is 19.6 Å². The van der Waals surface area contributed by atoms with Gasteiger partial charge < -0.3 is 35.5 Å². The molecule has 1 aromatic carbocycles. The van der Waals surface area contributed by atoms with Crippen molar-refractivity contribution in [1.82, 2.24) is 20.9 Å². The number of carbonyl (C=O) groups excluding carboxylic acids is 2. The number of fused-ring (bicyclic) bond motifs is 1. The summed E-state index contributed by atoms with van der Waals surface area (Å²) >= 11 is 0. The van der Waals surface area contributed by atoms with Crippen LogP contribution in [0.5, 0.6) is 11.5 Å². The Morgan fingerprint density at radius 1 is 1.16 bits per heavy atom. The highest BCUT2D eigenvalue weighted by molar-refractivity contribution is 6.01. The van der Waals surface area contributed by atoms with Gasteiger partial charge in [0.05, 0.1) is 31.3 Å². The first-order valence-corrected chi connectivity index (χ1v) is 13.4. The number of aliphatic imine (C=N–C) groups is 1. The monoisotopic (exact) mass is 523 g/mol. The van der Waals surface area contributed by atoms with Crippen LogP contribution in [0.25, 0.3) is 0 Å². The Balaban J connectivity index is 1.31. The first-order valence-electron chi connectivity index (χ1n) is 13.4. The van der Waals surface area contributed by atoms with Crippen LogP contribution in [0.3, 0.4) is 0 Å². The van der Waals surface area contributed by atoms with Crippen LogP contribution in [0.15, 0.2) is 29.4 Å². The van der Waals surface area contributed by atoms with E-state index in [0.29, 0.717) is 23.8 Å². The van der Waals surface area contributed by atoms with Gasteiger partial charge in [0.1, 0.15) is 28.8 Å². The van der Waals surface area contributed by atoms with E-state index in [1.165, 1.54) is 19.8 Å². The molecule has 10 heteroatoms. The number of aromatic amines is 1. The van der Waals surface area contributed by atoms with E-state index in [-0.39, 0.29) is 23.9 Å². The fourth-order valence-corrected chi connectivity index (χ4v) is 5.24. The average molecular weight is 524 g/mol. The fraction of sp³-hybridized carbons (Fsp3) is 0.536. The topological polar surface area (TPSA) is 137 Å². The maximum atomic E-state index is 13.3. The van der Waals surface area contributed by atoms with Crippen LogP contribution >= 0.6 is 0 Å². The minimum atomic E-state index is -1.02. The fourth-order valence-electron chi connectivity index (χ4n) is 5.24. The summed E-state index contributed by atoms with van der Waals surface area (Å²) in [7, 11) is 1.64. The van der Waals surface area contributed by atoms with Crippen LogP contribution in [0.4, 0.5) is 5.69 Å². The number of aromatic nitrogens is 1. The van der Waals surface area contributed by atoms with E-state index in [1.807, 2.05) is 25.1 Å². The van der Waals surface area contributed by atoms with E-state index < -0.39 is 11.6 Å². The van der Waals surface area contributed by atoms with Crippen molar-refractivity contribution in [2.45, 2.75) is 76.1 Å². The van der Waals surface area contributed by atoms with Crippen LogP contribution in [0, 0.1) is 5.92 Å². The summed E-state index contributed by atoms with van der Waals surface area (Å²) in [6.07, 6.45) is 7.71. The molecule has 0 spiro atoms. The number of carbonyl (C=O) groups is 2. The zero-order chi connectivity index (χ0) is 26.9. The van der Waals surface area contributed by atoms with Gasteiger partial charge in [-0.1, -0.05) is 0 Å². The third-order valence-corrected chi connectivity index (χ3v) is 7.83. The Morgan fingerprint density at radius 2 is 1.87 bits per heavy atom. The van der Waals surface area contributed by atoms with E-state index >= 15 is 0 Å². The predicted octanol–water partition coefficient (Wildman–Crippen LogP) is 2.88. The average Bonchev–Trinajstić information content (AvgIpc) is 3.64. The van der Waals surface area contributed by atoms with Crippen molar-refractivity contribution < 1.29 is 24.2 Å². The largest absolute Gasteiger partial charge is 0.497 e. The van der Waals surface area contributed by atoms with Crippen LogP contribution in [-0.2, 0) is 10.3 Å². The molecule has 10 nitrogen and oxygen atoms in total. The molecule has 2 aromatic rings. The number of hydrogen-bond acceptors (Lipinski definition) is 7. The van der Waals surface area contributed by atoms with Crippen LogP contribution < -0.4 is 25.4 Å². The third-order valence-electron chi connectivity index (χ3n) is 7.83. The molecule has 1 unspecified atom stereocenters. The number of aliphatic hydroxyl groups excluding tert-OH is 1. The van der Waals surface area contributed by atoms with E-state index in [9.17, 15) is 14.7 Å². The molecule has 2 saturated carbocycles. The number of ether oxygens (including phenoxy) is 2. The Bertz CT molecular complexity index is 1210. The van der Waals surface area contributed by atoms with Gasteiger partial charge in [0.2, 0.25) is 5.91 Å². The number of amides is 2. The predicted molar refractivity (Wildman–Crippen MR) is 143 cm³/mol. The Hall–Kier alpha value is -3.53. The van der Waals surface area contributed by atoms with Gasteiger partial charge in [0.25, 0.3) is 5.91 Å². The third kappa shape index (κ3) is 5.36. The molecule has 3 aliphatic rings. The molecule has 0 radical (unpaired) electrons. The Kier molecular flexibility index (Phi) is 7.34. The van der Waals surface area contributed by atoms with Crippen molar-refractivity contribution in [2.75, 3.05) is 13.7 Å². The lowest BCUT2D eigenvalue weighted by Crippen LogP contribution is -2.46. The second-order valence-electron chi connectivity index (χ2n) is 10.8. The minimum Gasteiger partial charge on any atom is -0.497 e. The number of methoxy groups -OCH3 is 1. The normalized spacial score (nSPS) is 25.1. The van der Waals surface area contributed by atoms with Gasteiger partial charge in [-0.25, -0.2) is 4.99 Å². The maximum absolute atomic E-state index is 13.3.